The fourth-order valence-electron chi connectivity index (χ4n) is 4.23. The van der Waals surface area contributed by atoms with Crippen LogP contribution in [-0.4, -0.2) is 30.3 Å². The van der Waals surface area contributed by atoms with Crippen molar-refractivity contribution < 1.29 is 9.13 Å². The van der Waals surface area contributed by atoms with Crippen LogP contribution in [0.2, 0.25) is 0 Å². The number of rotatable bonds is 0. The van der Waals surface area contributed by atoms with E-state index in [0.717, 1.165) is 0 Å². The molecule has 0 amide bonds. The van der Waals surface area contributed by atoms with Crippen LogP contribution in [0.15, 0.2) is 23.0 Å². The van der Waals surface area contributed by atoms with E-state index in [1.54, 1.807) is 0 Å². The molecule has 0 aromatic carbocycles. The minimum absolute atomic E-state index is 0.0898. The van der Waals surface area contributed by atoms with Crippen molar-refractivity contribution in [1.29, 1.82) is 0 Å². The van der Waals surface area contributed by atoms with Gasteiger partial charge in [-0.25, -0.2) is 0 Å². The van der Waals surface area contributed by atoms with E-state index in [0.29, 0.717) is 5.92 Å². The summed E-state index contributed by atoms with van der Waals surface area (Å²) in [6.07, 6.45) is 2.15. The number of hydrogen-bond donors (Lipinski definition) is 0. The van der Waals surface area contributed by atoms with Crippen molar-refractivity contribution in [3.63, 3.8) is 0 Å². The second kappa shape index (κ2) is 2.85. The topological polar surface area (TPSA) is 34.1 Å². The first-order chi connectivity index (χ1) is 7.27. The summed E-state index contributed by atoms with van der Waals surface area (Å²) in [5.74, 6) is 2.29. The van der Waals surface area contributed by atoms with Crippen molar-refractivity contribution in [2.24, 2.45) is 5.92 Å². The average Bonchev–Trinajstić information content (AvgIpc) is 2.56. The van der Waals surface area contributed by atoms with E-state index in [9.17, 15) is 9.13 Å². The molecule has 3 aliphatic heterocycles. The lowest BCUT2D eigenvalue weighted by atomic mass is 9.85. The van der Waals surface area contributed by atoms with Gasteiger partial charge < -0.3 is 9.13 Å². The van der Waals surface area contributed by atoms with Crippen molar-refractivity contribution in [2.45, 2.75) is 30.8 Å². The Kier molecular flexibility index (Phi) is 1.97. The lowest BCUT2D eigenvalue weighted by Gasteiger charge is -2.26. The molecular formula is C12H18O2P2. The molecule has 3 aliphatic rings. The maximum atomic E-state index is 12.8. The summed E-state index contributed by atoms with van der Waals surface area (Å²) in [4.78, 5) is 0. The standard InChI is InChI=1S/C12H18O2P2/c1-7-5-9-12-10(11(7)16(9,4)14)8(2)6-15(12,3)13/h5-6,9-12H,1-4H3/t9-,10-,11+,12+,15?,16?/m0/s1. The van der Waals surface area contributed by atoms with Gasteiger partial charge in [-0.05, 0) is 33.0 Å². The third-order valence-corrected chi connectivity index (χ3v) is 11.1. The Labute approximate surface area is 96.9 Å². The SMILES string of the molecule is CC1=CP(C)(=O)[C@H]2[C@@H]1[C@H]1C(C)=C[C@@H]2P1(C)=O. The molecule has 1 fully saturated rings. The van der Waals surface area contributed by atoms with Gasteiger partial charge in [-0.3, -0.25) is 0 Å². The molecule has 16 heavy (non-hydrogen) atoms. The molecule has 0 spiro atoms. The van der Waals surface area contributed by atoms with Gasteiger partial charge in [0.05, 0.1) is 7.14 Å². The van der Waals surface area contributed by atoms with Crippen LogP contribution in [0.5, 0.6) is 0 Å². The Bertz CT molecular complexity index is 529. The third kappa shape index (κ3) is 1.06. The van der Waals surface area contributed by atoms with E-state index < -0.39 is 14.3 Å². The van der Waals surface area contributed by atoms with Crippen LogP contribution in [0.4, 0.5) is 0 Å². The van der Waals surface area contributed by atoms with Crippen LogP contribution >= 0.6 is 14.3 Å². The van der Waals surface area contributed by atoms with E-state index in [-0.39, 0.29) is 17.0 Å². The first-order valence-electron chi connectivity index (χ1n) is 5.78. The Morgan fingerprint density at radius 3 is 2.38 bits per heavy atom. The summed E-state index contributed by atoms with van der Waals surface area (Å²) in [5, 5.41) is 0. The first kappa shape index (κ1) is 11.1. The van der Waals surface area contributed by atoms with Gasteiger partial charge >= 0.3 is 0 Å². The van der Waals surface area contributed by atoms with Crippen molar-refractivity contribution in [3.05, 3.63) is 23.0 Å². The molecule has 3 heterocycles. The molecule has 0 radical (unpaired) electrons. The Balaban J connectivity index is 2.22. The lowest BCUT2D eigenvalue weighted by Crippen LogP contribution is -2.27. The minimum atomic E-state index is -2.23. The smallest absolute Gasteiger partial charge is 0.110 e. The molecule has 2 bridgehead atoms. The highest BCUT2D eigenvalue weighted by Crippen LogP contribution is 2.79. The second-order valence-corrected chi connectivity index (χ2v) is 12.1. The van der Waals surface area contributed by atoms with Gasteiger partial charge in [0.25, 0.3) is 0 Å². The Morgan fingerprint density at radius 2 is 1.75 bits per heavy atom. The second-order valence-electron chi connectivity index (χ2n) is 5.85. The monoisotopic (exact) mass is 256 g/mol. The van der Waals surface area contributed by atoms with E-state index in [2.05, 4.69) is 19.9 Å². The maximum absolute atomic E-state index is 12.8. The molecule has 6 atom stereocenters. The molecule has 1 saturated heterocycles. The zero-order valence-electron chi connectivity index (χ0n) is 10.2. The molecule has 0 aromatic heterocycles. The van der Waals surface area contributed by atoms with Crippen molar-refractivity contribution in [2.75, 3.05) is 13.3 Å². The van der Waals surface area contributed by atoms with Crippen molar-refractivity contribution in [3.8, 4) is 0 Å². The van der Waals surface area contributed by atoms with E-state index in [4.69, 9.17) is 0 Å². The summed E-state index contributed by atoms with van der Waals surface area (Å²) >= 11 is 0. The predicted octanol–water partition coefficient (Wildman–Crippen LogP) is 3.59. The van der Waals surface area contributed by atoms with Crippen LogP contribution < -0.4 is 0 Å². The van der Waals surface area contributed by atoms with Crippen LogP contribution in [0.25, 0.3) is 0 Å². The predicted molar refractivity (Wildman–Crippen MR) is 69.4 cm³/mol. The Hall–Kier alpha value is -0.0600. The van der Waals surface area contributed by atoms with Gasteiger partial charge in [0, 0.05) is 22.9 Å². The molecular weight excluding hydrogens is 238 g/mol. The van der Waals surface area contributed by atoms with Gasteiger partial charge in [0.2, 0.25) is 0 Å². The van der Waals surface area contributed by atoms with Gasteiger partial charge in [-0.15, -0.1) is 0 Å². The first-order valence-corrected chi connectivity index (χ1v) is 10.4. The minimum Gasteiger partial charge on any atom is -0.323 e. The van der Waals surface area contributed by atoms with Gasteiger partial charge in [0.15, 0.2) is 0 Å². The van der Waals surface area contributed by atoms with E-state index in [1.807, 2.05) is 19.1 Å². The van der Waals surface area contributed by atoms with Gasteiger partial charge in [0.1, 0.15) is 7.14 Å². The molecule has 0 aliphatic carbocycles. The summed E-state index contributed by atoms with van der Waals surface area (Å²) in [6.45, 7) is 7.93. The molecule has 0 N–H and O–H groups in total. The largest absolute Gasteiger partial charge is 0.323 e. The summed E-state index contributed by atoms with van der Waals surface area (Å²) in [6, 6.07) is 0. The lowest BCUT2D eigenvalue weighted by molar-refractivity contribution is 0.549. The van der Waals surface area contributed by atoms with E-state index in [1.165, 1.54) is 11.1 Å². The van der Waals surface area contributed by atoms with Crippen LogP contribution in [0.1, 0.15) is 13.8 Å². The quantitative estimate of drug-likeness (QED) is 0.490. The molecule has 0 saturated carbocycles. The normalized spacial score (nSPS) is 58.5. The number of allylic oxidation sites excluding steroid dienone is 3. The zero-order chi connectivity index (χ0) is 11.9. The summed E-state index contributed by atoms with van der Waals surface area (Å²) in [5.41, 5.74) is 2.92. The number of hydrogen-bond acceptors (Lipinski definition) is 2. The van der Waals surface area contributed by atoms with Gasteiger partial charge in [-0.2, -0.15) is 0 Å². The highest BCUT2D eigenvalue weighted by Gasteiger charge is 2.64. The molecule has 4 heteroatoms. The molecule has 3 rings (SSSR count). The molecule has 2 nitrogen and oxygen atoms in total. The highest BCUT2D eigenvalue weighted by molar-refractivity contribution is 7.72. The average molecular weight is 256 g/mol. The fourth-order valence-corrected chi connectivity index (χ4v) is 12.5. The zero-order valence-corrected chi connectivity index (χ0v) is 12.0. The summed E-state index contributed by atoms with van der Waals surface area (Å²) in [7, 11) is -4.40. The van der Waals surface area contributed by atoms with E-state index >= 15 is 0 Å². The fraction of sp³-hybridized carbons (Fsp3) is 0.667. The van der Waals surface area contributed by atoms with Crippen molar-refractivity contribution >= 4 is 14.3 Å². The summed E-state index contributed by atoms with van der Waals surface area (Å²) < 4.78 is 25.4. The maximum Gasteiger partial charge on any atom is 0.110 e. The Morgan fingerprint density at radius 1 is 1.12 bits per heavy atom. The number of fused-ring (bicyclic) bond motifs is 5. The van der Waals surface area contributed by atoms with Crippen molar-refractivity contribution in [1.82, 2.24) is 0 Å². The van der Waals surface area contributed by atoms with Gasteiger partial charge in [-0.1, -0.05) is 17.2 Å². The van der Waals surface area contributed by atoms with Crippen LogP contribution in [0, 0.1) is 5.92 Å². The van der Waals surface area contributed by atoms with Crippen LogP contribution in [0.3, 0.4) is 0 Å². The highest BCUT2D eigenvalue weighted by atomic mass is 31.2. The molecule has 2 unspecified atom stereocenters. The third-order valence-electron chi connectivity index (χ3n) is 4.68. The molecule has 0 aromatic rings. The van der Waals surface area contributed by atoms with Crippen LogP contribution in [-0.2, 0) is 9.13 Å². The molecule has 88 valence electrons.